The summed E-state index contributed by atoms with van der Waals surface area (Å²) in [5, 5.41) is 17.3. The van der Waals surface area contributed by atoms with Gasteiger partial charge in [-0.05, 0) is 74.7 Å². The fourth-order valence-electron chi connectivity index (χ4n) is 5.60. The molecule has 1 aromatic heterocycles. The minimum absolute atomic E-state index is 0.0301. The summed E-state index contributed by atoms with van der Waals surface area (Å²) in [6, 6.07) is 13.3. The van der Waals surface area contributed by atoms with Gasteiger partial charge in [-0.3, -0.25) is 39.8 Å². The minimum atomic E-state index is -1.19. The molecule has 2 aliphatic heterocycles. The number of benzene rings is 3. The Kier molecular flexibility index (Phi) is 7.34. The van der Waals surface area contributed by atoms with Gasteiger partial charge in [-0.2, -0.15) is 5.26 Å². The molecular weight excluding hydrogens is 603 g/mol. The number of nitrogens with one attached hydrogen (secondary N) is 2. The Morgan fingerprint density at radius 3 is 2.44 bits per heavy atom. The maximum Gasteiger partial charge on any atom is 0.262 e. The molecule has 1 saturated heterocycles. The number of nitrogens with zero attached hydrogens (tertiary/aromatic N) is 4. The molecule has 4 amide bonds. The lowest BCUT2D eigenvalue weighted by atomic mass is 10.0. The second kappa shape index (κ2) is 11.2. The van der Waals surface area contributed by atoms with Crippen LogP contribution >= 0.6 is 11.6 Å². The van der Waals surface area contributed by atoms with Crippen LogP contribution in [0, 0.1) is 37.9 Å². The molecule has 0 bridgehead atoms. The van der Waals surface area contributed by atoms with Gasteiger partial charge in [0, 0.05) is 12.0 Å². The molecule has 1 fully saturated rings. The predicted molar refractivity (Wildman–Crippen MR) is 161 cm³/mol. The van der Waals surface area contributed by atoms with Crippen molar-refractivity contribution in [3.05, 3.63) is 93.1 Å². The van der Waals surface area contributed by atoms with Gasteiger partial charge in [0.15, 0.2) is 0 Å². The Morgan fingerprint density at radius 2 is 1.80 bits per heavy atom. The van der Waals surface area contributed by atoms with Crippen LogP contribution in [0.15, 0.2) is 53.1 Å². The lowest BCUT2D eigenvalue weighted by Gasteiger charge is -2.29. The van der Waals surface area contributed by atoms with Crippen molar-refractivity contribution in [1.82, 2.24) is 15.4 Å². The molecule has 13 heteroatoms. The molecule has 2 aliphatic rings. The topological polar surface area (TPSA) is 149 Å². The molecule has 4 aromatic rings. The first kappa shape index (κ1) is 29.5. The largest absolute Gasteiger partial charge is 0.361 e. The Hall–Kier alpha value is -5.54. The summed E-state index contributed by atoms with van der Waals surface area (Å²) < 4.78 is 21.1. The van der Waals surface area contributed by atoms with Gasteiger partial charge < -0.3 is 4.52 Å². The molecule has 6 rings (SSSR count). The molecule has 0 radical (unpaired) electrons. The summed E-state index contributed by atoms with van der Waals surface area (Å²) in [7, 11) is 0. The highest BCUT2D eigenvalue weighted by Gasteiger charge is 2.45. The number of imide groups is 2. The summed E-state index contributed by atoms with van der Waals surface area (Å²) in [5.41, 5.74) is 6.84. The molecule has 1 atom stereocenters. The maximum absolute atomic E-state index is 15.8. The second-order valence-corrected chi connectivity index (χ2v) is 11.2. The third-order valence-electron chi connectivity index (χ3n) is 7.86. The van der Waals surface area contributed by atoms with Crippen LogP contribution in [0.2, 0.25) is 5.02 Å². The van der Waals surface area contributed by atoms with E-state index >= 15 is 4.39 Å². The van der Waals surface area contributed by atoms with Crippen molar-refractivity contribution in [2.75, 3.05) is 10.4 Å². The van der Waals surface area contributed by atoms with Crippen LogP contribution in [0.25, 0.3) is 11.1 Å². The number of fused-ring (bicyclic) bond motifs is 1. The number of hydrogen-bond donors (Lipinski definition) is 2. The van der Waals surface area contributed by atoms with Crippen molar-refractivity contribution in [2.24, 2.45) is 0 Å². The fourth-order valence-corrected chi connectivity index (χ4v) is 5.81. The first-order valence-electron chi connectivity index (χ1n) is 13.8. The number of piperidine rings is 1. The number of aromatic nitrogens is 1. The van der Waals surface area contributed by atoms with Crippen LogP contribution in [-0.4, -0.2) is 39.7 Å². The highest BCUT2D eigenvalue weighted by atomic mass is 35.5. The van der Waals surface area contributed by atoms with E-state index < -0.39 is 35.5 Å². The molecule has 45 heavy (non-hydrogen) atoms. The fraction of sp³-hybridized carbons (Fsp3) is 0.188. The number of carbonyl (C=O) groups is 4. The summed E-state index contributed by atoms with van der Waals surface area (Å²) in [6.07, 6.45) is -0.0723. The van der Waals surface area contributed by atoms with Crippen LogP contribution in [-0.2, 0) is 9.59 Å². The van der Waals surface area contributed by atoms with Crippen LogP contribution in [0.4, 0.5) is 21.5 Å². The number of hydrazine groups is 1. The molecule has 2 N–H and O–H groups in total. The first-order valence-corrected chi connectivity index (χ1v) is 14.2. The van der Waals surface area contributed by atoms with E-state index in [1.54, 1.807) is 24.1 Å². The monoisotopic (exact) mass is 626 g/mol. The Labute approximate surface area is 261 Å². The summed E-state index contributed by atoms with van der Waals surface area (Å²) >= 11 is 6.40. The second-order valence-electron chi connectivity index (χ2n) is 10.7. The van der Waals surface area contributed by atoms with Crippen molar-refractivity contribution >= 4 is 52.3 Å². The zero-order valence-corrected chi connectivity index (χ0v) is 25.0. The SMILES string of the molecule is Cc1ccc(-c2c(C)noc2C)cc1N(Nc1cc2c(cc1F)C(=O)N(C1CCC(=O)NC1=O)C2=O)c1ccc(C#N)c(Cl)c1. The molecule has 11 nitrogen and oxygen atoms in total. The molecule has 3 heterocycles. The number of carbonyl (C=O) groups excluding carboxylic acids is 4. The van der Waals surface area contributed by atoms with E-state index in [0.717, 1.165) is 27.7 Å². The molecule has 0 spiro atoms. The van der Waals surface area contributed by atoms with Crippen molar-refractivity contribution in [1.29, 1.82) is 5.26 Å². The highest BCUT2D eigenvalue weighted by molar-refractivity contribution is 6.32. The molecule has 226 valence electrons. The molecule has 0 saturated carbocycles. The number of amides is 4. The van der Waals surface area contributed by atoms with E-state index in [1.807, 2.05) is 38.1 Å². The third-order valence-corrected chi connectivity index (χ3v) is 8.18. The van der Waals surface area contributed by atoms with Gasteiger partial charge >= 0.3 is 0 Å². The minimum Gasteiger partial charge on any atom is -0.361 e. The van der Waals surface area contributed by atoms with Crippen molar-refractivity contribution in [3.63, 3.8) is 0 Å². The van der Waals surface area contributed by atoms with Crippen LogP contribution < -0.4 is 15.8 Å². The zero-order chi connectivity index (χ0) is 32.2. The average Bonchev–Trinajstić information content (AvgIpc) is 3.46. The van der Waals surface area contributed by atoms with Gasteiger partial charge in [-0.25, -0.2) is 4.39 Å². The molecule has 1 unspecified atom stereocenters. The summed E-state index contributed by atoms with van der Waals surface area (Å²) in [5.74, 6) is -3.11. The van der Waals surface area contributed by atoms with Crippen LogP contribution in [0.3, 0.4) is 0 Å². The number of rotatable bonds is 6. The zero-order valence-electron chi connectivity index (χ0n) is 24.2. The van der Waals surface area contributed by atoms with Crippen molar-refractivity contribution < 1.29 is 28.1 Å². The van der Waals surface area contributed by atoms with Crippen LogP contribution in [0.5, 0.6) is 0 Å². The van der Waals surface area contributed by atoms with Gasteiger partial charge in [-0.15, -0.1) is 0 Å². The van der Waals surface area contributed by atoms with E-state index in [-0.39, 0.29) is 40.2 Å². The van der Waals surface area contributed by atoms with Gasteiger partial charge in [0.2, 0.25) is 11.8 Å². The van der Waals surface area contributed by atoms with E-state index in [9.17, 15) is 24.4 Å². The van der Waals surface area contributed by atoms with E-state index in [1.165, 1.54) is 12.1 Å². The first-order chi connectivity index (χ1) is 21.5. The Morgan fingerprint density at radius 1 is 1.07 bits per heavy atom. The number of aryl methyl sites for hydroxylation is 3. The van der Waals surface area contributed by atoms with E-state index in [2.05, 4.69) is 15.9 Å². The summed E-state index contributed by atoms with van der Waals surface area (Å²) in [6.45, 7) is 5.46. The molecular formula is C32H24ClFN6O5. The quantitative estimate of drug-likeness (QED) is 0.209. The van der Waals surface area contributed by atoms with Crippen molar-refractivity contribution in [2.45, 2.75) is 39.7 Å². The normalized spacial score (nSPS) is 16.0. The van der Waals surface area contributed by atoms with Gasteiger partial charge in [-0.1, -0.05) is 28.9 Å². The standard InChI is InChI=1S/C32H24ClFN6O5/c1-15-4-5-18(29-16(2)38-45-17(29)3)10-27(15)40(20-7-6-19(14-35)23(33)11-20)37-25-13-22-21(12-24(25)34)31(43)39(32(22)44)26-8-9-28(41)36-30(26)42/h4-7,10-13,26,37H,8-9H2,1-3H3,(H,36,41,42). The smallest absolute Gasteiger partial charge is 0.262 e. The van der Waals surface area contributed by atoms with Gasteiger partial charge in [0.05, 0.1) is 44.5 Å². The van der Waals surface area contributed by atoms with E-state index in [0.29, 0.717) is 22.8 Å². The average molecular weight is 627 g/mol. The van der Waals surface area contributed by atoms with Crippen LogP contribution in [0.1, 0.15) is 56.1 Å². The number of nitriles is 1. The van der Waals surface area contributed by atoms with Gasteiger partial charge in [0.25, 0.3) is 11.8 Å². The number of halogens is 2. The predicted octanol–water partition coefficient (Wildman–Crippen LogP) is 5.50. The Balaban J connectivity index is 1.44. The highest BCUT2D eigenvalue weighted by Crippen LogP contribution is 2.38. The Bertz CT molecular complexity index is 1980. The number of anilines is 3. The summed E-state index contributed by atoms with van der Waals surface area (Å²) in [4.78, 5) is 51.5. The molecule has 0 aliphatic carbocycles. The lowest BCUT2D eigenvalue weighted by molar-refractivity contribution is -0.136. The third kappa shape index (κ3) is 5.07. The van der Waals surface area contributed by atoms with Gasteiger partial charge in [0.1, 0.15) is 23.7 Å². The maximum atomic E-state index is 15.8. The lowest BCUT2D eigenvalue weighted by Crippen LogP contribution is -2.54. The molecule has 3 aromatic carbocycles. The van der Waals surface area contributed by atoms with E-state index in [4.69, 9.17) is 16.1 Å². The number of hydrogen-bond acceptors (Lipinski definition) is 9. The van der Waals surface area contributed by atoms with Crippen molar-refractivity contribution in [3.8, 4) is 17.2 Å².